The van der Waals surface area contributed by atoms with Crippen molar-refractivity contribution in [2.45, 2.75) is 165 Å². The van der Waals surface area contributed by atoms with Gasteiger partial charge in [0.2, 0.25) is 65.0 Å². The van der Waals surface area contributed by atoms with Crippen molar-refractivity contribution in [2.24, 2.45) is 28.1 Å². The Bertz CT molecular complexity index is 3600. The van der Waals surface area contributed by atoms with Crippen molar-refractivity contribution in [3.63, 3.8) is 0 Å². The van der Waals surface area contributed by atoms with E-state index in [-0.39, 0.29) is 102 Å². The highest BCUT2D eigenvalue weighted by Gasteiger charge is 2.40. The minimum absolute atomic E-state index is 0.00778. The number of phenolic OH excluding ortho intramolecular Hbond substituents is 1. The van der Waals surface area contributed by atoms with Crippen molar-refractivity contribution in [2.75, 3.05) is 32.8 Å². The summed E-state index contributed by atoms with van der Waals surface area (Å²) < 4.78 is 0. The van der Waals surface area contributed by atoms with E-state index in [1.165, 1.54) is 48.2 Å². The number of aromatic hydroxyl groups is 1. The number of phenols is 1. The number of carbonyl (C=O) groups excluding carboxylic acids is 11. The van der Waals surface area contributed by atoms with Gasteiger partial charge in [-0.1, -0.05) is 92.2 Å². The number of nitrogens with two attached hydrogens (primary N) is 3. The molecule has 4 aromatic carbocycles. The van der Waals surface area contributed by atoms with Gasteiger partial charge in [-0.2, -0.15) is 0 Å². The second-order valence-electron chi connectivity index (χ2n) is 24.9. The van der Waals surface area contributed by atoms with E-state index in [0.717, 1.165) is 17.7 Å². The second-order valence-corrected chi connectivity index (χ2v) is 25.4. The van der Waals surface area contributed by atoms with E-state index in [1.807, 2.05) is 18.2 Å². The molecular weight excluding hydrogens is 1330 g/mol. The number of carbonyl (C=O) groups is 13. The Balaban J connectivity index is 1.45. The standard InChI is InChI=1S/C68H92ClN15O17/c1-37(2)30-49(59(92)78-48(13-8-27-74-68(71)72)66(99)84-29-9-14-55(84)65(98)75-38(3)67(100)101)79-62(95)52(34-42-15-20-43-10-5-6-11-44(43)31-42)81-61(94)51(33-41-18-23-46(87)24-19-41)82-64(97)54(36-85)83-58(91)47(12-7-26-70)77-60(93)50(32-40-16-21-45(69)22-17-40)80-63(96)53(76-39(4)86)35-56(88)73-28-25-57(89)90/h5-6,10-11,15-24,31,37-38,47-55,85,87H,7-9,12-14,25-30,32-36,70H2,1-4H3,(H,73,88)(H,75,98)(H,76,86)(H,77,93)(H,78,92)(H,79,95)(H,80,96)(H,81,94)(H,82,97)(H,83,91)(H,89,90)(H,100,101)(H4,71,72,74)/t38-,47-,48+,49+,50-,51+,52-,53-,54+,55+/m1/s1. The van der Waals surface area contributed by atoms with Gasteiger partial charge >= 0.3 is 11.9 Å². The fourth-order valence-corrected chi connectivity index (χ4v) is 11.1. The minimum atomic E-state index is -1.86. The van der Waals surface area contributed by atoms with E-state index < -0.39 is 157 Å². The molecule has 32 nitrogen and oxygen atoms in total. The zero-order valence-electron chi connectivity index (χ0n) is 56.6. The van der Waals surface area contributed by atoms with Crippen LogP contribution in [-0.2, 0) is 81.6 Å². The maximum Gasteiger partial charge on any atom is 0.325 e. The number of hydrogen-bond acceptors (Lipinski definition) is 17. The van der Waals surface area contributed by atoms with Crippen LogP contribution in [0.4, 0.5) is 0 Å². The number of aliphatic hydroxyl groups excluding tert-OH is 1. The molecule has 5 rings (SSSR count). The second kappa shape index (κ2) is 40.6. The Morgan fingerprint density at radius 3 is 1.64 bits per heavy atom. The third-order valence-electron chi connectivity index (χ3n) is 16.2. The molecule has 0 radical (unpaired) electrons. The zero-order chi connectivity index (χ0) is 74.5. The molecule has 0 aliphatic carbocycles. The number of nitrogens with one attached hydrogen (secondary N) is 10. The predicted molar refractivity (Wildman–Crippen MR) is 370 cm³/mol. The predicted octanol–water partition coefficient (Wildman–Crippen LogP) is -1.48. The highest BCUT2D eigenvalue weighted by Crippen LogP contribution is 2.22. The Hall–Kier alpha value is -10.5. The van der Waals surface area contributed by atoms with Gasteiger partial charge in [-0.05, 0) is 116 Å². The number of amides is 11. The van der Waals surface area contributed by atoms with Gasteiger partial charge < -0.3 is 95.7 Å². The number of halogens is 1. The molecule has 10 atom stereocenters. The maximum atomic E-state index is 15.1. The molecule has 1 heterocycles. The molecule has 0 bridgehead atoms. The van der Waals surface area contributed by atoms with Crippen LogP contribution in [0.2, 0.25) is 5.02 Å². The summed E-state index contributed by atoms with van der Waals surface area (Å²) in [6.07, 6.45) is -1.34. The van der Waals surface area contributed by atoms with Crippen LogP contribution in [0, 0.1) is 5.92 Å². The molecule has 1 aliphatic heterocycles. The van der Waals surface area contributed by atoms with Crippen LogP contribution in [0.5, 0.6) is 5.75 Å². The average molecular weight is 1430 g/mol. The van der Waals surface area contributed by atoms with Gasteiger partial charge in [-0.3, -0.25) is 67.3 Å². The first-order valence-electron chi connectivity index (χ1n) is 33.0. The van der Waals surface area contributed by atoms with Crippen LogP contribution in [0.3, 0.4) is 0 Å². The molecule has 20 N–H and O–H groups in total. The van der Waals surface area contributed by atoms with Gasteiger partial charge in [-0.25, -0.2) is 0 Å². The highest BCUT2D eigenvalue weighted by molar-refractivity contribution is 6.30. The molecule has 11 amide bonds. The van der Waals surface area contributed by atoms with Crippen molar-refractivity contribution >= 4 is 105 Å². The normalized spacial score (nSPS) is 15.2. The third-order valence-corrected chi connectivity index (χ3v) is 16.5. The molecule has 1 saturated heterocycles. The SMILES string of the molecule is CC(=O)N[C@H](CC(=O)NCCC(=O)O)C(=O)N[C@H](Cc1ccc(Cl)cc1)C(=O)N[C@H](CCCN)C(=O)N[C@@H](CO)C(=O)N[C@@H](Cc1ccc(O)cc1)C(=O)N[C@H](Cc1ccc2ccccc2c1)C(=O)N[C@@H](CC(C)C)C(=O)N[C@@H](CCCN=C(N)N)C(=O)N1CCC[C@H]1C(=O)N[C@H](C)C(=O)O. The number of carboxylic acid groups (broad SMARTS) is 2. The summed E-state index contributed by atoms with van der Waals surface area (Å²) in [7, 11) is 0. The van der Waals surface area contributed by atoms with E-state index in [0.29, 0.717) is 28.1 Å². The Morgan fingerprint density at radius 2 is 1.09 bits per heavy atom. The van der Waals surface area contributed by atoms with Crippen LogP contribution >= 0.6 is 11.6 Å². The van der Waals surface area contributed by atoms with Crippen molar-refractivity contribution in [1.82, 2.24) is 58.1 Å². The van der Waals surface area contributed by atoms with E-state index in [4.69, 9.17) is 33.9 Å². The molecule has 0 spiro atoms. The van der Waals surface area contributed by atoms with Crippen molar-refractivity contribution < 1.29 is 82.8 Å². The molecule has 33 heteroatoms. The molecule has 0 aromatic heterocycles. The lowest BCUT2D eigenvalue weighted by Crippen LogP contribution is -2.61. The maximum absolute atomic E-state index is 15.1. The van der Waals surface area contributed by atoms with Gasteiger partial charge in [0.15, 0.2) is 5.96 Å². The fourth-order valence-electron chi connectivity index (χ4n) is 11.0. The summed E-state index contributed by atoms with van der Waals surface area (Å²) in [4.78, 5) is 183. The molecular formula is C68H92ClN15O17. The van der Waals surface area contributed by atoms with Gasteiger partial charge in [0.1, 0.15) is 66.2 Å². The monoisotopic (exact) mass is 1430 g/mol. The number of guanidine groups is 1. The first-order chi connectivity index (χ1) is 47.9. The number of nitrogens with zero attached hydrogens (tertiary/aromatic N) is 2. The fraction of sp³-hybridized carbons (Fsp3) is 0.471. The van der Waals surface area contributed by atoms with Crippen molar-refractivity contribution in [3.05, 3.63) is 113 Å². The minimum Gasteiger partial charge on any atom is -0.508 e. The van der Waals surface area contributed by atoms with E-state index in [1.54, 1.807) is 50.2 Å². The Labute approximate surface area is 588 Å². The van der Waals surface area contributed by atoms with E-state index in [2.05, 4.69) is 58.2 Å². The summed E-state index contributed by atoms with van der Waals surface area (Å²) in [6, 6.07) is 9.56. The molecule has 0 unspecified atom stereocenters. The number of carboxylic acids is 2. The van der Waals surface area contributed by atoms with Crippen LogP contribution in [0.15, 0.2) is 96.0 Å². The largest absolute Gasteiger partial charge is 0.508 e. The number of aliphatic carboxylic acids is 2. The van der Waals surface area contributed by atoms with Crippen LogP contribution in [-0.4, -0.2) is 201 Å². The smallest absolute Gasteiger partial charge is 0.325 e. The number of fused-ring (bicyclic) bond motifs is 1. The summed E-state index contributed by atoms with van der Waals surface area (Å²) in [5.41, 5.74) is 18.3. The highest BCUT2D eigenvalue weighted by atomic mass is 35.5. The van der Waals surface area contributed by atoms with Gasteiger partial charge in [0.25, 0.3) is 0 Å². The third kappa shape index (κ3) is 27.3. The lowest BCUT2D eigenvalue weighted by molar-refractivity contribution is -0.144. The van der Waals surface area contributed by atoms with Crippen LogP contribution < -0.4 is 70.4 Å². The Kier molecular flexibility index (Phi) is 32.6. The van der Waals surface area contributed by atoms with Crippen molar-refractivity contribution in [3.8, 4) is 5.75 Å². The number of benzene rings is 4. The van der Waals surface area contributed by atoms with Gasteiger partial charge in [0, 0.05) is 50.8 Å². The lowest BCUT2D eigenvalue weighted by atomic mass is 9.98. The molecule has 1 aliphatic rings. The zero-order valence-corrected chi connectivity index (χ0v) is 57.4. The Morgan fingerprint density at radius 1 is 0.594 bits per heavy atom. The quantitative estimate of drug-likeness (QED) is 0.0137. The molecule has 101 heavy (non-hydrogen) atoms. The summed E-state index contributed by atoms with van der Waals surface area (Å²) >= 11 is 6.13. The summed E-state index contributed by atoms with van der Waals surface area (Å²) in [5, 5.41) is 66.9. The molecule has 548 valence electrons. The molecule has 1 fully saturated rings. The van der Waals surface area contributed by atoms with Gasteiger partial charge in [0.05, 0.1) is 19.4 Å². The first kappa shape index (κ1) is 81.2. The summed E-state index contributed by atoms with van der Waals surface area (Å²) in [6.45, 7) is 4.64. The number of aliphatic hydroxyl groups is 1. The average Bonchev–Trinajstić information content (AvgIpc) is 1.78. The molecule has 4 aromatic rings. The van der Waals surface area contributed by atoms with Crippen LogP contribution in [0.1, 0.15) is 102 Å². The molecule has 0 saturated carbocycles. The van der Waals surface area contributed by atoms with E-state index in [9.17, 15) is 68.1 Å². The summed E-state index contributed by atoms with van der Waals surface area (Å²) in [5.74, 6) is -13.0. The first-order valence-corrected chi connectivity index (χ1v) is 33.4. The van der Waals surface area contributed by atoms with E-state index >= 15 is 9.59 Å². The number of aliphatic imine (C=N–C) groups is 1. The number of hydrogen-bond donors (Lipinski definition) is 17. The van der Waals surface area contributed by atoms with Crippen molar-refractivity contribution in [1.29, 1.82) is 0 Å². The topological polar surface area (TPSA) is 517 Å². The van der Waals surface area contributed by atoms with Crippen LogP contribution in [0.25, 0.3) is 10.8 Å². The lowest BCUT2D eigenvalue weighted by Gasteiger charge is -2.31. The van der Waals surface area contributed by atoms with Gasteiger partial charge in [-0.15, -0.1) is 0 Å². The number of likely N-dealkylation sites (tertiary alicyclic amines) is 1. The number of rotatable bonds is 40.